The Balaban J connectivity index is 1.84. The lowest BCUT2D eigenvalue weighted by atomic mass is 9.85. The molecule has 0 bridgehead atoms. The van der Waals surface area contributed by atoms with Crippen molar-refractivity contribution >= 4 is 17.6 Å². The smallest absolute Gasteiger partial charge is 0.314 e. The Kier molecular flexibility index (Phi) is 6.85. The molecule has 0 spiro atoms. The summed E-state index contributed by atoms with van der Waals surface area (Å²) in [5, 5.41) is 11.8. The van der Waals surface area contributed by atoms with Crippen LogP contribution in [0, 0.1) is 5.41 Å². The molecule has 0 saturated heterocycles. The van der Waals surface area contributed by atoms with Gasteiger partial charge < -0.3 is 19.1 Å². The van der Waals surface area contributed by atoms with E-state index in [-0.39, 0.29) is 6.61 Å². The van der Waals surface area contributed by atoms with Gasteiger partial charge in [0.1, 0.15) is 11.9 Å². The average Bonchev–Trinajstić information content (AvgIpc) is 3.27. The van der Waals surface area contributed by atoms with Crippen LogP contribution in [0.15, 0.2) is 73.1 Å². The highest BCUT2D eigenvalue weighted by atomic mass is 35.5. The highest BCUT2D eigenvalue weighted by molar-refractivity contribution is 6.30. The molecule has 3 aromatic rings. The number of aliphatic hydroxyl groups is 1. The summed E-state index contributed by atoms with van der Waals surface area (Å²) in [6.45, 7) is 5.29. The van der Waals surface area contributed by atoms with Crippen molar-refractivity contribution < 1.29 is 19.4 Å². The third kappa shape index (κ3) is 4.86. The fourth-order valence-corrected chi connectivity index (χ4v) is 3.23. The Morgan fingerprint density at radius 1 is 1.03 bits per heavy atom. The molecule has 0 aliphatic rings. The van der Waals surface area contributed by atoms with E-state index < -0.39 is 23.7 Å². The maximum absolute atomic E-state index is 12.4. The van der Waals surface area contributed by atoms with E-state index in [1.807, 2.05) is 60.7 Å². The van der Waals surface area contributed by atoms with Crippen LogP contribution in [0.1, 0.15) is 27.0 Å². The highest BCUT2D eigenvalue weighted by Crippen LogP contribution is 2.33. The SMILES string of the molecule is CCOC(=O)C(C)(C)C(O)C(Oc1ccc(-c2ccc(Cl)cc2)cc1)n1cccc1. The zero-order valence-electron chi connectivity index (χ0n) is 17.3. The third-order valence-electron chi connectivity index (χ3n) is 5.02. The summed E-state index contributed by atoms with van der Waals surface area (Å²) in [6.07, 6.45) is 1.63. The van der Waals surface area contributed by atoms with Crippen molar-refractivity contribution in [3.8, 4) is 16.9 Å². The summed E-state index contributed by atoms with van der Waals surface area (Å²) < 4.78 is 13.0. The minimum absolute atomic E-state index is 0.246. The Hall–Kier alpha value is -2.76. The molecule has 2 aromatic carbocycles. The molecule has 0 amide bonds. The molecule has 2 unspecified atom stereocenters. The number of carbonyl (C=O) groups excluding carboxylic acids is 1. The molecule has 2 atom stereocenters. The Labute approximate surface area is 181 Å². The fraction of sp³-hybridized carbons (Fsp3) is 0.292. The van der Waals surface area contributed by atoms with E-state index in [1.165, 1.54) is 0 Å². The van der Waals surface area contributed by atoms with Gasteiger partial charge in [-0.15, -0.1) is 0 Å². The Bertz CT molecular complexity index is 950. The van der Waals surface area contributed by atoms with Gasteiger partial charge in [0.15, 0.2) is 0 Å². The standard InChI is InChI=1S/C24H26ClNO4/c1-4-29-23(28)24(2,3)21(27)22(26-15-5-6-16-26)30-20-13-9-18(10-14-20)17-7-11-19(25)12-8-17/h5-16,21-22,27H,4H2,1-3H3. The van der Waals surface area contributed by atoms with Crippen LogP contribution in [0.25, 0.3) is 11.1 Å². The predicted molar refractivity (Wildman–Crippen MR) is 117 cm³/mol. The highest BCUT2D eigenvalue weighted by Gasteiger charge is 2.43. The number of nitrogens with zero attached hydrogens (tertiary/aromatic N) is 1. The summed E-state index contributed by atoms with van der Waals surface area (Å²) in [4.78, 5) is 12.4. The van der Waals surface area contributed by atoms with Gasteiger partial charge in [-0.3, -0.25) is 4.79 Å². The maximum Gasteiger partial charge on any atom is 0.314 e. The molecule has 5 nitrogen and oxygen atoms in total. The number of benzene rings is 2. The van der Waals surface area contributed by atoms with E-state index >= 15 is 0 Å². The van der Waals surface area contributed by atoms with Crippen LogP contribution in [0.3, 0.4) is 0 Å². The maximum atomic E-state index is 12.4. The number of aliphatic hydroxyl groups excluding tert-OH is 1. The molecule has 0 saturated carbocycles. The molecule has 1 heterocycles. The molecular weight excluding hydrogens is 402 g/mol. The van der Waals surface area contributed by atoms with Crippen molar-refractivity contribution in [2.24, 2.45) is 5.41 Å². The first-order valence-electron chi connectivity index (χ1n) is 9.83. The number of hydrogen-bond donors (Lipinski definition) is 1. The minimum Gasteiger partial charge on any atom is -0.467 e. The lowest BCUT2D eigenvalue weighted by Gasteiger charge is -2.34. The molecule has 30 heavy (non-hydrogen) atoms. The predicted octanol–water partition coefficient (Wildman–Crippen LogP) is 5.34. The molecule has 3 rings (SSSR count). The van der Waals surface area contributed by atoms with Gasteiger partial charge in [-0.25, -0.2) is 0 Å². The van der Waals surface area contributed by atoms with Crippen molar-refractivity contribution in [1.82, 2.24) is 4.57 Å². The lowest BCUT2D eigenvalue weighted by Crippen LogP contribution is -2.45. The van der Waals surface area contributed by atoms with Crippen molar-refractivity contribution in [3.63, 3.8) is 0 Å². The van der Waals surface area contributed by atoms with Gasteiger partial charge in [0.25, 0.3) is 0 Å². The van der Waals surface area contributed by atoms with Crippen LogP contribution >= 0.6 is 11.6 Å². The van der Waals surface area contributed by atoms with Crippen molar-refractivity contribution in [1.29, 1.82) is 0 Å². The number of halogens is 1. The topological polar surface area (TPSA) is 60.7 Å². The van der Waals surface area contributed by atoms with Gasteiger partial charge in [-0.2, -0.15) is 0 Å². The van der Waals surface area contributed by atoms with E-state index in [1.54, 1.807) is 37.7 Å². The second-order valence-electron chi connectivity index (χ2n) is 7.56. The number of hydrogen-bond acceptors (Lipinski definition) is 4. The van der Waals surface area contributed by atoms with Crippen LogP contribution < -0.4 is 4.74 Å². The van der Waals surface area contributed by atoms with Crippen LogP contribution in [-0.2, 0) is 9.53 Å². The molecule has 0 aliphatic carbocycles. The summed E-state index contributed by atoms with van der Waals surface area (Å²) in [5.74, 6) is 0.0986. The Morgan fingerprint density at radius 3 is 2.10 bits per heavy atom. The van der Waals surface area contributed by atoms with E-state index in [0.717, 1.165) is 11.1 Å². The van der Waals surface area contributed by atoms with Crippen molar-refractivity contribution in [2.75, 3.05) is 6.61 Å². The molecule has 158 valence electrons. The monoisotopic (exact) mass is 427 g/mol. The number of rotatable bonds is 8. The molecular formula is C24H26ClNO4. The summed E-state index contributed by atoms with van der Waals surface area (Å²) in [7, 11) is 0. The first kappa shape index (κ1) is 21.9. The second kappa shape index (κ2) is 9.37. The van der Waals surface area contributed by atoms with E-state index in [4.69, 9.17) is 21.1 Å². The lowest BCUT2D eigenvalue weighted by molar-refractivity contribution is -0.167. The number of aromatic nitrogens is 1. The van der Waals surface area contributed by atoms with E-state index in [9.17, 15) is 9.90 Å². The average molecular weight is 428 g/mol. The van der Waals surface area contributed by atoms with Crippen LogP contribution in [-0.4, -0.2) is 28.4 Å². The largest absolute Gasteiger partial charge is 0.467 e. The molecule has 0 fully saturated rings. The number of carbonyl (C=O) groups is 1. The van der Waals surface area contributed by atoms with Crippen molar-refractivity contribution in [2.45, 2.75) is 33.1 Å². The number of esters is 1. The van der Waals surface area contributed by atoms with Gasteiger partial charge in [0, 0.05) is 17.4 Å². The Morgan fingerprint density at radius 2 is 1.57 bits per heavy atom. The minimum atomic E-state index is -1.16. The van der Waals surface area contributed by atoms with Crippen LogP contribution in [0.5, 0.6) is 5.75 Å². The zero-order valence-corrected chi connectivity index (χ0v) is 18.0. The summed E-state index contributed by atoms with van der Waals surface area (Å²) >= 11 is 5.96. The molecule has 0 radical (unpaired) electrons. The normalized spacial score (nSPS) is 13.5. The molecule has 1 aromatic heterocycles. The van der Waals surface area contributed by atoms with Crippen LogP contribution in [0.2, 0.25) is 5.02 Å². The van der Waals surface area contributed by atoms with Gasteiger partial charge in [-0.05, 0) is 68.3 Å². The quantitative estimate of drug-likeness (QED) is 0.493. The summed E-state index contributed by atoms with van der Waals surface area (Å²) in [5.41, 5.74) is 0.897. The molecule has 0 aliphatic heterocycles. The first-order valence-corrected chi connectivity index (χ1v) is 10.2. The van der Waals surface area contributed by atoms with Gasteiger partial charge in [0.2, 0.25) is 6.23 Å². The molecule has 6 heteroatoms. The zero-order chi connectivity index (χ0) is 21.7. The fourth-order valence-electron chi connectivity index (χ4n) is 3.11. The van der Waals surface area contributed by atoms with Gasteiger partial charge in [-0.1, -0.05) is 35.9 Å². The van der Waals surface area contributed by atoms with Crippen LogP contribution in [0.4, 0.5) is 0 Å². The van der Waals surface area contributed by atoms with Gasteiger partial charge in [0.05, 0.1) is 12.0 Å². The number of ether oxygens (including phenoxy) is 2. The first-order chi connectivity index (χ1) is 14.3. The third-order valence-corrected chi connectivity index (χ3v) is 5.27. The summed E-state index contributed by atoms with van der Waals surface area (Å²) in [6, 6.07) is 18.8. The molecule has 1 N–H and O–H groups in total. The van der Waals surface area contributed by atoms with Crippen molar-refractivity contribution in [3.05, 3.63) is 78.1 Å². The van der Waals surface area contributed by atoms with E-state index in [2.05, 4.69) is 0 Å². The van der Waals surface area contributed by atoms with Gasteiger partial charge >= 0.3 is 5.97 Å². The van der Waals surface area contributed by atoms with E-state index in [0.29, 0.717) is 10.8 Å². The second-order valence-corrected chi connectivity index (χ2v) is 7.99.